The first kappa shape index (κ1) is 15.4. The van der Waals surface area contributed by atoms with Crippen LogP contribution in [0.25, 0.3) is 11.3 Å². The van der Waals surface area contributed by atoms with Crippen molar-refractivity contribution in [2.24, 2.45) is 11.8 Å². The van der Waals surface area contributed by atoms with Crippen LogP contribution in [0.3, 0.4) is 0 Å². The number of aliphatic hydroxyl groups excluding tert-OH is 2. The molecule has 0 bridgehead atoms. The topological polar surface area (TPSA) is 89.5 Å². The first-order valence-electron chi connectivity index (χ1n) is 8.37. The van der Waals surface area contributed by atoms with Crippen molar-refractivity contribution in [1.82, 2.24) is 15.1 Å². The van der Waals surface area contributed by atoms with Gasteiger partial charge >= 0.3 is 0 Å². The van der Waals surface area contributed by atoms with Crippen LogP contribution in [-0.4, -0.2) is 56.5 Å². The van der Waals surface area contributed by atoms with Gasteiger partial charge in [0.25, 0.3) is 5.91 Å². The minimum Gasteiger partial charge on any atom is -0.390 e. The van der Waals surface area contributed by atoms with Gasteiger partial charge in [-0.25, -0.2) is 0 Å². The maximum absolute atomic E-state index is 12.7. The number of nitrogens with one attached hydrogen (secondary N) is 1. The fraction of sp³-hybridized carbons (Fsp3) is 0.444. The average molecular weight is 327 g/mol. The number of rotatable bonds is 2. The van der Waals surface area contributed by atoms with E-state index in [4.69, 9.17) is 0 Å². The van der Waals surface area contributed by atoms with Crippen molar-refractivity contribution in [3.05, 3.63) is 42.1 Å². The lowest BCUT2D eigenvalue weighted by Gasteiger charge is -2.31. The largest absolute Gasteiger partial charge is 0.390 e. The number of H-pyrrole nitrogens is 1. The van der Waals surface area contributed by atoms with Gasteiger partial charge in [0, 0.05) is 24.8 Å². The highest BCUT2D eigenvalue weighted by Crippen LogP contribution is 2.37. The second kappa shape index (κ2) is 6.03. The number of carbonyl (C=O) groups excluding carboxylic acids is 1. The summed E-state index contributed by atoms with van der Waals surface area (Å²) in [5.41, 5.74) is 2.58. The molecule has 126 valence electrons. The summed E-state index contributed by atoms with van der Waals surface area (Å²) in [6, 6.07) is 9.39. The maximum atomic E-state index is 12.7. The third-order valence-corrected chi connectivity index (χ3v) is 5.34. The molecule has 1 aromatic heterocycles. The molecule has 1 aliphatic carbocycles. The molecule has 6 heteroatoms. The van der Waals surface area contributed by atoms with E-state index in [-0.39, 0.29) is 17.7 Å². The van der Waals surface area contributed by atoms with E-state index in [0.29, 0.717) is 31.5 Å². The first-order valence-corrected chi connectivity index (χ1v) is 8.37. The SMILES string of the molecule is O=C(c1ccc(-c2ccn[nH]2)cc1)N1C[C@H]2C[C@H](O)[C@@H](O)C[C@H]2C1. The lowest BCUT2D eigenvalue weighted by Crippen LogP contribution is -2.38. The Labute approximate surface area is 140 Å². The molecule has 1 saturated heterocycles. The van der Waals surface area contributed by atoms with Crippen LogP contribution in [0.5, 0.6) is 0 Å². The van der Waals surface area contributed by atoms with E-state index in [1.807, 2.05) is 35.2 Å². The van der Waals surface area contributed by atoms with Crippen molar-refractivity contribution >= 4 is 5.91 Å². The molecule has 0 spiro atoms. The molecule has 6 nitrogen and oxygen atoms in total. The van der Waals surface area contributed by atoms with Crippen LogP contribution in [0, 0.1) is 11.8 Å². The number of aliphatic hydroxyl groups is 2. The Morgan fingerprint density at radius 1 is 1.04 bits per heavy atom. The fourth-order valence-corrected chi connectivity index (χ4v) is 3.96. The van der Waals surface area contributed by atoms with E-state index in [2.05, 4.69) is 10.2 Å². The third-order valence-electron chi connectivity index (χ3n) is 5.34. The number of carbonyl (C=O) groups is 1. The second-order valence-electron chi connectivity index (χ2n) is 6.88. The van der Waals surface area contributed by atoms with Crippen LogP contribution in [0.1, 0.15) is 23.2 Å². The predicted octanol–water partition coefficient (Wildman–Crippen LogP) is 1.28. The molecule has 1 amide bonds. The van der Waals surface area contributed by atoms with Crippen LogP contribution < -0.4 is 0 Å². The molecule has 0 radical (unpaired) electrons. The van der Waals surface area contributed by atoms with Crippen molar-refractivity contribution in [2.75, 3.05) is 13.1 Å². The number of aromatic amines is 1. The van der Waals surface area contributed by atoms with Crippen LogP contribution >= 0.6 is 0 Å². The van der Waals surface area contributed by atoms with Gasteiger partial charge in [0.15, 0.2) is 0 Å². The number of likely N-dealkylation sites (tertiary alicyclic amines) is 1. The summed E-state index contributed by atoms with van der Waals surface area (Å²) in [6.07, 6.45) is 1.54. The van der Waals surface area contributed by atoms with Crippen molar-refractivity contribution in [1.29, 1.82) is 0 Å². The van der Waals surface area contributed by atoms with E-state index in [0.717, 1.165) is 11.3 Å². The number of fused-ring (bicyclic) bond motifs is 1. The van der Waals surface area contributed by atoms with E-state index < -0.39 is 12.2 Å². The van der Waals surface area contributed by atoms with Gasteiger partial charge in [0.05, 0.1) is 17.9 Å². The predicted molar refractivity (Wildman–Crippen MR) is 88.2 cm³/mol. The Bertz CT molecular complexity index is 696. The molecule has 0 unspecified atom stereocenters. The second-order valence-corrected chi connectivity index (χ2v) is 6.88. The van der Waals surface area contributed by atoms with E-state index in [1.165, 1.54) is 0 Å². The van der Waals surface area contributed by atoms with Gasteiger partial charge in [-0.05, 0) is 48.4 Å². The van der Waals surface area contributed by atoms with Gasteiger partial charge in [-0.15, -0.1) is 0 Å². The van der Waals surface area contributed by atoms with E-state index in [1.54, 1.807) is 6.20 Å². The molecule has 2 heterocycles. The highest BCUT2D eigenvalue weighted by molar-refractivity contribution is 5.94. The molecule has 2 fully saturated rings. The lowest BCUT2D eigenvalue weighted by molar-refractivity contribution is -0.0372. The highest BCUT2D eigenvalue weighted by atomic mass is 16.3. The van der Waals surface area contributed by atoms with Gasteiger partial charge in [-0.3, -0.25) is 9.89 Å². The van der Waals surface area contributed by atoms with Crippen LogP contribution in [0.4, 0.5) is 0 Å². The molecule has 1 aromatic carbocycles. The molecule has 3 N–H and O–H groups in total. The summed E-state index contributed by atoms with van der Waals surface area (Å²) < 4.78 is 0. The monoisotopic (exact) mass is 327 g/mol. The van der Waals surface area contributed by atoms with Gasteiger partial charge < -0.3 is 15.1 Å². The Hall–Kier alpha value is -2.18. The van der Waals surface area contributed by atoms with Crippen molar-refractivity contribution in [3.8, 4) is 11.3 Å². The van der Waals surface area contributed by atoms with Crippen LogP contribution in [0.2, 0.25) is 0 Å². The third kappa shape index (κ3) is 2.72. The maximum Gasteiger partial charge on any atom is 0.253 e. The molecule has 24 heavy (non-hydrogen) atoms. The van der Waals surface area contributed by atoms with Crippen LogP contribution in [0.15, 0.2) is 36.5 Å². The number of benzene rings is 1. The summed E-state index contributed by atoms with van der Waals surface area (Å²) in [6.45, 7) is 1.32. The molecule has 1 saturated carbocycles. The number of amides is 1. The van der Waals surface area contributed by atoms with E-state index in [9.17, 15) is 15.0 Å². The summed E-state index contributed by atoms with van der Waals surface area (Å²) in [5.74, 6) is 0.595. The Morgan fingerprint density at radius 3 is 2.21 bits per heavy atom. The number of hydrogen-bond acceptors (Lipinski definition) is 4. The molecule has 2 aliphatic rings. The van der Waals surface area contributed by atoms with Crippen molar-refractivity contribution in [3.63, 3.8) is 0 Å². The Balaban J connectivity index is 1.46. The molecule has 4 atom stereocenters. The molecular formula is C18H21N3O3. The number of aromatic nitrogens is 2. The quantitative estimate of drug-likeness (QED) is 0.775. The standard InChI is InChI=1S/C18H21N3O3/c22-16-7-13-9-21(10-14(13)8-17(16)23)18(24)12-3-1-11(2-4-12)15-5-6-19-20-15/h1-6,13-14,16-17,22-23H,7-10H2,(H,19,20)/t13-,14+,16-,17-/m0/s1. The van der Waals surface area contributed by atoms with Gasteiger partial charge in [-0.1, -0.05) is 12.1 Å². The lowest BCUT2D eigenvalue weighted by atomic mass is 9.79. The first-order chi connectivity index (χ1) is 11.6. The molecule has 2 aromatic rings. The summed E-state index contributed by atoms with van der Waals surface area (Å²) in [7, 11) is 0. The Kier molecular flexibility index (Phi) is 3.86. The number of nitrogens with zero attached hydrogens (tertiary/aromatic N) is 2. The summed E-state index contributed by atoms with van der Waals surface area (Å²) in [5, 5.41) is 26.5. The molecule has 4 rings (SSSR count). The minimum atomic E-state index is -0.657. The van der Waals surface area contributed by atoms with E-state index >= 15 is 0 Å². The summed E-state index contributed by atoms with van der Waals surface area (Å²) >= 11 is 0. The number of hydrogen-bond donors (Lipinski definition) is 3. The Morgan fingerprint density at radius 2 is 1.67 bits per heavy atom. The zero-order valence-corrected chi connectivity index (χ0v) is 13.3. The zero-order valence-electron chi connectivity index (χ0n) is 13.3. The highest BCUT2D eigenvalue weighted by Gasteiger charge is 2.42. The molecular weight excluding hydrogens is 306 g/mol. The smallest absolute Gasteiger partial charge is 0.253 e. The normalized spacial score (nSPS) is 29.5. The van der Waals surface area contributed by atoms with Gasteiger partial charge in [0.2, 0.25) is 0 Å². The van der Waals surface area contributed by atoms with Crippen LogP contribution in [-0.2, 0) is 0 Å². The van der Waals surface area contributed by atoms with Crippen molar-refractivity contribution in [2.45, 2.75) is 25.0 Å². The minimum absolute atomic E-state index is 0.0181. The average Bonchev–Trinajstić information content (AvgIpc) is 3.24. The summed E-state index contributed by atoms with van der Waals surface area (Å²) in [4.78, 5) is 14.6. The zero-order chi connectivity index (χ0) is 16.7. The van der Waals surface area contributed by atoms with Gasteiger partial charge in [0.1, 0.15) is 0 Å². The van der Waals surface area contributed by atoms with Gasteiger partial charge in [-0.2, -0.15) is 5.10 Å². The fourth-order valence-electron chi connectivity index (χ4n) is 3.96. The van der Waals surface area contributed by atoms with Crippen molar-refractivity contribution < 1.29 is 15.0 Å². The molecule has 1 aliphatic heterocycles.